The second kappa shape index (κ2) is 8.03. The normalized spacial score (nSPS) is 10.4. The van der Waals surface area contributed by atoms with Crippen molar-refractivity contribution in [3.8, 4) is 40.2 Å². The molecule has 4 aromatic rings. The van der Waals surface area contributed by atoms with Gasteiger partial charge in [-0.2, -0.15) is 5.26 Å². The van der Waals surface area contributed by atoms with Crippen LogP contribution in [0, 0.1) is 11.3 Å². The molecule has 1 aromatic heterocycles. The first-order chi connectivity index (χ1) is 14.1. The van der Waals surface area contributed by atoms with Gasteiger partial charge in [0.1, 0.15) is 0 Å². The molecule has 4 rings (SSSR count). The maximum absolute atomic E-state index is 9.57. The maximum atomic E-state index is 9.57. The van der Waals surface area contributed by atoms with Crippen LogP contribution in [0.2, 0.25) is 0 Å². The lowest BCUT2D eigenvalue weighted by molar-refractivity contribution is 0.426. The molecule has 0 saturated heterocycles. The third-order valence-electron chi connectivity index (χ3n) is 4.34. The maximum Gasteiger partial charge on any atom is 0.488 e. The molecular weight excluding hydrogens is 363 g/mol. The summed E-state index contributed by atoms with van der Waals surface area (Å²) in [5, 5.41) is 28.5. The highest BCUT2D eigenvalue weighted by Gasteiger charge is 2.17. The van der Waals surface area contributed by atoms with Gasteiger partial charge >= 0.3 is 7.12 Å². The molecule has 3 aromatic carbocycles. The van der Waals surface area contributed by atoms with E-state index in [-0.39, 0.29) is 11.0 Å². The molecule has 0 saturated carbocycles. The van der Waals surface area contributed by atoms with Gasteiger partial charge in [-0.3, -0.25) is 0 Å². The number of hydrogen-bond acceptors (Lipinski definition) is 6. The largest absolute Gasteiger partial charge is 0.488 e. The highest BCUT2D eigenvalue weighted by molar-refractivity contribution is 6.58. The van der Waals surface area contributed by atoms with Gasteiger partial charge in [-0.25, -0.2) is 15.0 Å². The molecule has 2 N–H and O–H groups in total. The molecule has 0 radical (unpaired) electrons. The van der Waals surface area contributed by atoms with Crippen molar-refractivity contribution < 1.29 is 10.0 Å². The van der Waals surface area contributed by atoms with Gasteiger partial charge < -0.3 is 10.0 Å². The Morgan fingerprint density at radius 1 is 0.655 bits per heavy atom. The van der Waals surface area contributed by atoms with E-state index in [0.717, 1.165) is 11.1 Å². The fraction of sp³-hybridized carbons (Fsp3) is 0. The van der Waals surface area contributed by atoms with Crippen molar-refractivity contribution in [3.05, 3.63) is 84.4 Å². The van der Waals surface area contributed by atoms with E-state index >= 15 is 0 Å². The van der Waals surface area contributed by atoms with Gasteiger partial charge in [-0.05, 0) is 17.6 Å². The quantitative estimate of drug-likeness (QED) is 0.529. The zero-order chi connectivity index (χ0) is 20.2. The first kappa shape index (κ1) is 18.5. The first-order valence-electron chi connectivity index (χ1n) is 8.92. The van der Waals surface area contributed by atoms with Crippen LogP contribution in [0.1, 0.15) is 5.56 Å². The minimum Gasteiger partial charge on any atom is -0.423 e. The number of hydrogen-bond donors (Lipinski definition) is 2. The Morgan fingerprint density at radius 3 is 1.59 bits per heavy atom. The second-order valence-corrected chi connectivity index (χ2v) is 6.37. The Labute approximate surface area is 168 Å². The van der Waals surface area contributed by atoms with Gasteiger partial charge in [-0.15, -0.1) is 0 Å². The fourth-order valence-electron chi connectivity index (χ4n) is 2.93. The predicted molar refractivity (Wildman–Crippen MR) is 111 cm³/mol. The summed E-state index contributed by atoms with van der Waals surface area (Å²) in [6.45, 7) is 0. The molecule has 29 heavy (non-hydrogen) atoms. The molecule has 0 atom stereocenters. The van der Waals surface area contributed by atoms with Gasteiger partial charge in [0.05, 0.1) is 11.6 Å². The van der Waals surface area contributed by atoms with Crippen molar-refractivity contribution in [1.82, 2.24) is 15.0 Å². The van der Waals surface area contributed by atoms with Crippen molar-refractivity contribution in [2.45, 2.75) is 0 Å². The summed E-state index contributed by atoms with van der Waals surface area (Å²) in [7, 11) is -1.70. The standard InChI is InChI=1S/C22H15BN4O2/c24-14-15-11-18(13-19(12-15)23(28)29)22-26-20(16-7-3-1-4-8-16)25-21(27-22)17-9-5-2-6-10-17/h1-13,28-29H. The first-order valence-corrected chi connectivity index (χ1v) is 8.92. The molecule has 0 fully saturated rings. The molecule has 0 aliphatic rings. The Bertz CT molecular complexity index is 1130. The van der Waals surface area contributed by atoms with Gasteiger partial charge in [0.25, 0.3) is 0 Å². The highest BCUT2D eigenvalue weighted by atomic mass is 16.4. The topological polar surface area (TPSA) is 103 Å². The lowest BCUT2D eigenvalue weighted by Gasteiger charge is -2.10. The molecule has 0 unspecified atom stereocenters. The Hall–Kier alpha value is -3.86. The average Bonchev–Trinajstić information content (AvgIpc) is 2.79. The number of nitrogens with zero attached hydrogens (tertiary/aromatic N) is 4. The van der Waals surface area contributed by atoms with Crippen LogP contribution < -0.4 is 5.46 Å². The summed E-state index contributed by atoms with van der Waals surface area (Å²) in [5.41, 5.74) is 2.64. The van der Waals surface area contributed by atoms with E-state index in [0.29, 0.717) is 23.0 Å². The van der Waals surface area contributed by atoms with Crippen LogP contribution in [-0.4, -0.2) is 32.1 Å². The molecule has 0 aliphatic heterocycles. The van der Waals surface area contributed by atoms with Gasteiger partial charge in [0, 0.05) is 16.7 Å². The van der Waals surface area contributed by atoms with Crippen molar-refractivity contribution in [3.63, 3.8) is 0 Å². The van der Waals surface area contributed by atoms with E-state index in [1.165, 1.54) is 6.07 Å². The van der Waals surface area contributed by atoms with Crippen molar-refractivity contribution in [2.75, 3.05) is 0 Å². The smallest absolute Gasteiger partial charge is 0.423 e. The third-order valence-corrected chi connectivity index (χ3v) is 4.34. The van der Waals surface area contributed by atoms with E-state index in [9.17, 15) is 15.3 Å². The lowest BCUT2D eigenvalue weighted by Crippen LogP contribution is -2.30. The third kappa shape index (κ3) is 4.04. The van der Waals surface area contributed by atoms with E-state index in [4.69, 9.17) is 0 Å². The second-order valence-electron chi connectivity index (χ2n) is 6.37. The number of nitriles is 1. The van der Waals surface area contributed by atoms with Crippen LogP contribution in [0.5, 0.6) is 0 Å². The van der Waals surface area contributed by atoms with Crippen molar-refractivity contribution >= 4 is 12.6 Å². The minimum atomic E-state index is -1.70. The molecule has 7 heteroatoms. The SMILES string of the molecule is N#Cc1cc(B(O)O)cc(-c2nc(-c3ccccc3)nc(-c3ccccc3)n2)c1. The van der Waals surface area contributed by atoms with E-state index in [1.54, 1.807) is 12.1 Å². The number of aromatic nitrogens is 3. The average molecular weight is 378 g/mol. The molecule has 1 heterocycles. The van der Waals surface area contributed by atoms with E-state index in [2.05, 4.69) is 15.0 Å². The monoisotopic (exact) mass is 378 g/mol. The zero-order valence-electron chi connectivity index (χ0n) is 15.3. The Kier molecular flexibility index (Phi) is 5.12. The van der Waals surface area contributed by atoms with Gasteiger partial charge in [0.2, 0.25) is 0 Å². The predicted octanol–water partition coefficient (Wildman–Crippen LogP) is 2.42. The van der Waals surface area contributed by atoms with Crippen LogP contribution >= 0.6 is 0 Å². The summed E-state index contributed by atoms with van der Waals surface area (Å²) in [4.78, 5) is 13.8. The molecule has 0 spiro atoms. The lowest BCUT2D eigenvalue weighted by atomic mass is 9.78. The van der Waals surface area contributed by atoms with E-state index < -0.39 is 7.12 Å². The summed E-state index contributed by atoms with van der Waals surface area (Å²) in [5.74, 6) is 1.32. The molecule has 138 valence electrons. The van der Waals surface area contributed by atoms with Crippen LogP contribution in [0.4, 0.5) is 0 Å². The summed E-state index contributed by atoms with van der Waals surface area (Å²) >= 11 is 0. The van der Waals surface area contributed by atoms with Crippen LogP contribution in [0.15, 0.2) is 78.9 Å². The van der Waals surface area contributed by atoms with Gasteiger partial charge in [-0.1, -0.05) is 66.7 Å². The molecular formula is C22H15BN4O2. The van der Waals surface area contributed by atoms with Crippen LogP contribution in [-0.2, 0) is 0 Å². The zero-order valence-corrected chi connectivity index (χ0v) is 15.3. The number of benzene rings is 3. The van der Waals surface area contributed by atoms with Crippen LogP contribution in [0.3, 0.4) is 0 Å². The molecule has 0 bridgehead atoms. The Balaban J connectivity index is 1.94. The Morgan fingerprint density at radius 2 is 1.14 bits per heavy atom. The molecule has 0 amide bonds. The van der Waals surface area contributed by atoms with Crippen LogP contribution in [0.25, 0.3) is 34.2 Å². The van der Waals surface area contributed by atoms with Gasteiger partial charge in [0.15, 0.2) is 17.5 Å². The fourth-order valence-corrected chi connectivity index (χ4v) is 2.93. The van der Waals surface area contributed by atoms with Crippen molar-refractivity contribution in [2.24, 2.45) is 0 Å². The highest BCUT2D eigenvalue weighted by Crippen LogP contribution is 2.24. The van der Waals surface area contributed by atoms with E-state index in [1.807, 2.05) is 66.7 Å². The summed E-state index contributed by atoms with van der Waals surface area (Å²) in [6, 6.07) is 25.7. The van der Waals surface area contributed by atoms with Crippen molar-refractivity contribution in [1.29, 1.82) is 5.26 Å². The minimum absolute atomic E-state index is 0.196. The molecule has 0 aliphatic carbocycles. The number of rotatable bonds is 4. The summed E-state index contributed by atoms with van der Waals surface area (Å²) < 4.78 is 0. The summed E-state index contributed by atoms with van der Waals surface area (Å²) in [6.07, 6.45) is 0. The molecule has 6 nitrogen and oxygen atoms in total.